The first-order valence-electron chi connectivity index (χ1n) is 39.7. The molecule has 5 unspecified atom stereocenters. The minimum absolute atomic E-state index is 0.0254. The molecule has 0 spiro atoms. The van der Waals surface area contributed by atoms with Crippen LogP contribution in [0.3, 0.4) is 0 Å². The Morgan fingerprint density at radius 1 is 0.391 bits per heavy atom. The quantitative estimate of drug-likeness (QED) is 0.0368. The van der Waals surface area contributed by atoms with Crippen LogP contribution in [0.15, 0.2) is 60.9 Å². The second-order valence-corrected chi connectivity index (χ2v) is 30.9. The summed E-state index contributed by atoms with van der Waals surface area (Å²) in [5, 5.41) is 44.4. The number of hydrogen-bond donors (Lipinski definition) is 22. The fourth-order valence-electron chi connectivity index (χ4n) is 14.4. The molecule has 7 rings (SSSR count). The normalized spacial score (nSPS) is 28.0. The van der Waals surface area contributed by atoms with Crippen molar-refractivity contribution in [2.24, 2.45) is 46.1 Å². The zero-order chi connectivity index (χ0) is 84.8. The van der Waals surface area contributed by atoms with Gasteiger partial charge in [0.05, 0.1) is 6.10 Å². The number of rotatable bonds is 20. The second-order valence-electron chi connectivity index (χ2n) is 30.9. The maximum absolute atomic E-state index is 15.1. The number of nitrogens with one attached hydrogen (secondary N) is 14. The molecule has 14 amide bonds. The number of para-hydroxylation sites is 2. The molecule has 38 heteroatoms. The second kappa shape index (κ2) is 42.9. The number of benzene rings is 2. The monoisotopic (exact) mass is 1610 g/mol. The van der Waals surface area contributed by atoms with Crippen LogP contribution < -0.4 is 104 Å². The lowest BCUT2D eigenvalue weighted by atomic mass is 9.96. The summed E-state index contributed by atoms with van der Waals surface area (Å²) >= 11 is 0. The van der Waals surface area contributed by atoms with Crippen molar-refractivity contribution in [3.05, 3.63) is 72.1 Å². The SMILES string of the molecule is CC[C@H](C)[C@@H]1NC(=O)[C@H](Cc2c[nH]c3ccccc23)NC(=O)[C@H]([C@@H](C)O)NC(=O)[C@@H]2CCCN2C(=O)[C@H]2CCCN2C(=O)[C@H](C(C)N)NC(=O)[C@H](C)NC(=O)[C@H](C(C)N)NC(=O)[C@H](C(C)N)NC(=O)[C@H](Cc2c[nH]c3ccccc23)NC(=O)[C@H](C(C)N)NC(=O)[C@H](C(C)N)NC(=O)[C@H](CCCCN)NC(=O)[C@H](CCCCN)NC1=O. The summed E-state index contributed by atoms with van der Waals surface area (Å²) in [5.74, 6) is -13.4. The first kappa shape index (κ1) is 92.0. The van der Waals surface area contributed by atoms with Gasteiger partial charge in [0, 0.05) is 90.3 Å². The van der Waals surface area contributed by atoms with E-state index in [0.29, 0.717) is 58.6 Å². The van der Waals surface area contributed by atoms with Crippen molar-refractivity contribution >= 4 is 105 Å². The van der Waals surface area contributed by atoms with E-state index >= 15 is 4.79 Å². The fourth-order valence-corrected chi connectivity index (χ4v) is 14.4. The Morgan fingerprint density at radius 3 is 1.17 bits per heavy atom. The predicted molar refractivity (Wildman–Crippen MR) is 428 cm³/mol. The maximum atomic E-state index is 15.1. The molecular weight excluding hydrogens is 1490 g/mol. The lowest BCUT2D eigenvalue weighted by molar-refractivity contribution is -0.148. The number of aromatic amines is 2. The van der Waals surface area contributed by atoms with E-state index in [4.69, 9.17) is 40.1 Å². The van der Waals surface area contributed by atoms with Crippen LogP contribution in [0.1, 0.15) is 144 Å². The van der Waals surface area contributed by atoms with Crippen molar-refractivity contribution in [2.45, 2.75) is 267 Å². The largest absolute Gasteiger partial charge is 0.391 e. The number of amides is 14. The van der Waals surface area contributed by atoms with E-state index in [1.807, 2.05) is 0 Å². The number of nitrogens with two attached hydrogens (primary N) is 7. The molecule has 0 aliphatic carbocycles. The van der Waals surface area contributed by atoms with Crippen molar-refractivity contribution in [3.8, 4) is 0 Å². The Morgan fingerprint density at radius 2 is 0.730 bits per heavy atom. The molecule has 29 N–H and O–H groups in total. The number of hydrogen-bond acceptors (Lipinski definition) is 22. The number of carbonyl (C=O) groups excluding carboxylic acids is 14. The summed E-state index contributed by atoms with van der Waals surface area (Å²) in [6, 6.07) is -12.9. The summed E-state index contributed by atoms with van der Waals surface area (Å²) in [5.41, 5.74) is 46.2. The van der Waals surface area contributed by atoms with E-state index in [-0.39, 0.29) is 84.0 Å². The summed E-state index contributed by atoms with van der Waals surface area (Å²) in [6.07, 6.45) is 3.47. The number of aromatic nitrogens is 2. The Labute approximate surface area is 668 Å². The van der Waals surface area contributed by atoms with Crippen LogP contribution in [0, 0.1) is 5.92 Å². The van der Waals surface area contributed by atoms with Crippen molar-refractivity contribution in [2.75, 3.05) is 26.2 Å². The zero-order valence-corrected chi connectivity index (χ0v) is 67.0. The molecule has 0 saturated carbocycles. The molecule has 5 heterocycles. The number of nitrogens with zero attached hydrogens (tertiary/aromatic N) is 2. The number of carbonyl (C=O) groups is 14. The molecule has 4 aromatic rings. The van der Waals surface area contributed by atoms with Gasteiger partial charge in [0.1, 0.15) is 84.6 Å². The molecule has 3 saturated heterocycles. The van der Waals surface area contributed by atoms with Gasteiger partial charge < -0.3 is 129 Å². The molecule has 2 aromatic carbocycles. The van der Waals surface area contributed by atoms with E-state index < -0.39 is 210 Å². The van der Waals surface area contributed by atoms with Crippen LogP contribution in [-0.4, -0.2) is 255 Å². The van der Waals surface area contributed by atoms with Gasteiger partial charge in [0.25, 0.3) is 0 Å². The number of H-pyrrole nitrogens is 2. The number of aliphatic hydroxyl groups excluding tert-OH is 1. The third-order valence-corrected chi connectivity index (χ3v) is 21.4. The van der Waals surface area contributed by atoms with Gasteiger partial charge in [-0.3, -0.25) is 67.1 Å². The molecule has 38 nitrogen and oxygen atoms in total. The molecule has 0 bridgehead atoms. The third kappa shape index (κ3) is 24.4. The predicted octanol–water partition coefficient (Wildman–Crippen LogP) is -5.31. The minimum Gasteiger partial charge on any atom is -0.391 e. The Kier molecular flexibility index (Phi) is 34.3. The van der Waals surface area contributed by atoms with Crippen molar-refractivity contribution in [1.29, 1.82) is 0 Å². The highest BCUT2D eigenvalue weighted by Gasteiger charge is 2.47. The highest BCUT2D eigenvalue weighted by Crippen LogP contribution is 2.28. The van der Waals surface area contributed by atoms with Gasteiger partial charge >= 0.3 is 0 Å². The van der Waals surface area contributed by atoms with E-state index in [9.17, 15) is 67.4 Å². The van der Waals surface area contributed by atoms with Gasteiger partial charge in [0.2, 0.25) is 82.7 Å². The van der Waals surface area contributed by atoms with Crippen molar-refractivity contribution < 1.29 is 72.2 Å². The topological polar surface area (TPSA) is 624 Å². The molecular formula is C77H121N23O15. The minimum atomic E-state index is -1.76. The fraction of sp³-hybridized carbons (Fsp3) is 0.610. The maximum Gasteiger partial charge on any atom is 0.247 e. The lowest BCUT2D eigenvalue weighted by Crippen LogP contribution is -2.66. The van der Waals surface area contributed by atoms with E-state index in [1.165, 1.54) is 58.3 Å². The van der Waals surface area contributed by atoms with Crippen molar-refractivity contribution in [3.63, 3.8) is 0 Å². The van der Waals surface area contributed by atoms with Crippen molar-refractivity contribution in [1.82, 2.24) is 83.6 Å². The van der Waals surface area contributed by atoms with Gasteiger partial charge in [-0.15, -0.1) is 0 Å². The molecule has 3 fully saturated rings. The first-order valence-corrected chi connectivity index (χ1v) is 39.7. The summed E-state index contributed by atoms with van der Waals surface area (Å²) in [6.45, 7) is 13.4. The summed E-state index contributed by atoms with van der Waals surface area (Å²) < 4.78 is 0. The van der Waals surface area contributed by atoms with Crippen LogP contribution in [-0.2, 0) is 80.0 Å². The summed E-state index contributed by atoms with van der Waals surface area (Å²) in [7, 11) is 0. The first-order chi connectivity index (χ1) is 54.5. The Balaban J connectivity index is 1.26. The Hall–Kier alpha value is -10.2. The highest BCUT2D eigenvalue weighted by atomic mass is 16.3. The van der Waals surface area contributed by atoms with Crippen LogP contribution in [0.25, 0.3) is 21.8 Å². The zero-order valence-electron chi connectivity index (χ0n) is 67.0. The van der Waals surface area contributed by atoms with Gasteiger partial charge in [-0.05, 0) is 155 Å². The van der Waals surface area contributed by atoms with Crippen LogP contribution >= 0.6 is 0 Å². The average molecular weight is 1610 g/mol. The van der Waals surface area contributed by atoms with Crippen LogP contribution in [0.4, 0.5) is 0 Å². The number of unbranched alkanes of at least 4 members (excludes halogenated alkanes) is 2. The van der Waals surface area contributed by atoms with Gasteiger partial charge in [0.15, 0.2) is 0 Å². The molecule has 115 heavy (non-hydrogen) atoms. The Bertz CT molecular complexity index is 4070. The highest BCUT2D eigenvalue weighted by molar-refractivity contribution is 6.02. The molecule has 21 atom stereocenters. The lowest BCUT2D eigenvalue weighted by Gasteiger charge is -2.34. The number of aliphatic hydroxyl groups is 1. The van der Waals surface area contributed by atoms with Gasteiger partial charge in [-0.25, -0.2) is 0 Å². The van der Waals surface area contributed by atoms with E-state index in [0.717, 1.165) is 0 Å². The summed E-state index contributed by atoms with van der Waals surface area (Å²) in [4.78, 5) is 215. The smallest absolute Gasteiger partial charge is 0.247 e. The van der Waals surface area contributed by atoms with Crippen LogP contribution in [0.2, 0.25) is 0 Å². The molecule has 3 aliphatic rings. The molecule has 0 radical (unpaired) electrons. The van der Waals surface area contributed by atoms with Crippen LogP contribution in [0.5, 0.6) is 0 Å². The average Bonchev–Trinajstić information content (AvgIpc) is 1.69. The molecule has 634 valence electrons. The number of fused-ring (bicyclic) bond motifs is 4. The molecule has 3 aliphatic heterocycles. The molecule has 2 aromatic heterocycles. The standard InChI is InChI=1S/C77H121N23O15/c1-10-37(2)57-70(108)89-51(25-15-17-29-78)65(103)88-52(26-16-18-30-79)66(104)93-60(40(5)82)73(111)96-59(39(4)81)72(110)90-54(34-46-36-86-50-24-14-12-22-48(46)50)68(106)94-61(41(6)83)74(112)95-58(38(3)80)71(109)87-43(8)64(102)97-62(42(7)84)77(115)100-32-20-28-56(100)76(114)99-31-19-27-55(99)69(107)98-63(44(9)101)75(113)91-53(67(105)92-57)33-45-35-85-49-23-13-11-21-47(45)49/h11-14,21-24,35-44,51-63,85-86,101H,10,15-20,25-34,78-84H2,1-9H3,(H,87,109)(H,88,103)(H,89,108)(H,90,110)(H,91,113)(H,92,105)(H,93,104)(H,94,106)(H,95,112)(H,96,111)(H,97,102)(H,98,107)/t37-,38?,39?,40?,41?,42?,43-,44+,51-,52-,53-,54-,55-,56+,57-,58-,59-,60-,61-,62-,63-/m0/s1. The third-order valence-electron chi connectivity index (χ3n) is 21.4. The van der Waals surface area contributed by atoms with E-state index in [1.54, 1.807) is 74.8 Å². The van der Waals surface area contributed by atoms with Gasteiger partial charge in [-0.1, -0.05) is 56.7 Å². The van der Waals surface area contributed by atoms with E-state index in [2.05, 4.69) is 73.8 Å². The van der Waals surface area contributed by atoms with Gasteiger partial charge in [-0.2, -0.15) is 0 Å².